The Morgan fingerprint density at radius 2 is 1.76 bits per heavy atom. The summed E-state index contributed by atoms with van der Waals surface area (Å²) >= 11 is 6.13. The van der Waals surface area contributed by atoms with E-state index in [9.17, 15) is 32.9 Å². The Balaban J connectivity index is 2.07. The first-order valence-corrected chi connectivity index (χ1v) is 9.82. The van der Waals surface area contributed by atoms with Crippen molar-refractivity contribution in [3.8, 4) is 34.0 Å². The highest BCUT2D eigenvalue weighted by Crippen LogP contribution is 2.46. The summed E-state index contributed by atoms with van der Waals surface area (Å²) < 4.78 is 61.9. The maximum absolute atomic E-state index is 14.7. The lowest BCUT2D eigenvalue weighted by Crippen LogP contribution is -2.46. The lowest BCUT2D eigenvalue weighted by Gasteiger charge is -2.27. The number of nitrogens with zero attached hydrogens (tertiary/aromatic N) is 5. The van der Waals surface area contributed by atoms with Crippen LogP contribution in [0.3, 0.4) is 0 Å². The molecule has 0 radical (unpaired) electrons. The number of benzene rings is 1. The smallest absolute Gasteiger partial charge is 0.386 e. The van der Waals surface area contributed by atoms with Gasteiger partial charge in [0.25, 0.3) is 5.91 Å². The molecule has 9 nitrogen and oxygen atoms in total. The molecule has 0 saturated carbocycles. The van der Waals surface area contributed by atoms with Gasteiger partial charge in [0.05, 0.1) is 27.9 Å². The summed E-state index contributed by atoms with van der Waals surface area (Å²) in [5.74, 6) is -5.04. The van der Waals surface area contributed by atoms with Crippen LogP contribution in [-0.2, 0) is 12.1 Å². The van der Waals surface area contributed by atoms with Gasteiger partial charge >= 0.3 is 6.18 Å². The SMILES string of the molecule is CC(O)C(O)(O)n1ncc(-c2onc(-c3c(F)cccc3Cl)c2-c2ncccn2)c1C(F)(F)F. The van der Waals surface area contributed by atoms with Crippen LogP contribution < -0.4 is 0 Å². The second kappa shape index (κ2) is 8.43. The Morgan fingerprint density at radius 3 is 2.35 bits per heavy atom. The monoisotopic (exact) mass is 499 g/mol. The first-order chi connectivity index (χ1) is 15.9. The van der Waals surface area contributed by atoms with Gasteiger partial charge in [-0.2, -0.15) is 18.3 Å². The van der Waals surface area contributed by atoms with Crippen molar-refractivity contribution in [3.05, 3.63) is 59.4 Å². The molecule has 1 unspecified atom stereocenters. The van der Waals surface area contributed by atoms with E-state index in [0.717, 1.165) is 13.0 Å². The molecule has 0 saturated heterocycles. The topological polar surface area (TPSA) is 130 Å². The molecule has 3 aromatic heterocycles. The fourth-order valence-electron chi connectivity index (χ4n) is 3.22. The first-order valence-electron chi connectivity index (χ1n) is 9.45. The van der Waals surface area contributed by atoms with E-state index < -0.39 is 41.0 Å². The molecule has 0 fully saturated rings. The summed E-state index contributed by atoms with van der Waals surface area (Å²) in [7, 11) is 0. The van der Waals surface area contributed by atoms with Crippen molar-refractivity contribution in [2.24, 2.45) is 0 Å². The van der Waals surface area contributed by atoms with Crippen LogP contribution in [0.2, 0.25) is 5.02 Å². The lowest BCUT2D eigenvalue weighted by molar-refractivity contribution is -0.294. The van der Waals surface area contributed by atoms with Gasteiger partial charge in [-0.05, 0) is 25.1 Å². The van der Waals surface area contributed by atoms with Crippen molar-refractivity contribution in [2.75, 3.05) is 0 Å². The number of hydrogen-bond acceptors (Lipinski definition) is 8. The zero-order valence-corrected chi connectivity index (χ0v) is 17.8. The molecule has 34 heavy (non-hydrogen) atoms. The van der Waals surface area contributed by atoms with Crippen LogP contribution in [0.15, 0.2) is 47.4 Å². The van der Waals surface area contributed by atoms with Crippen molar-refractivity contribution in [1.82, 2.24) is 24.9 Å². The predicted molar refractivity (Wildman–Crippen MR) is 108 cm³/mol. The van der Waals surface area contributed by atoms with E-state index in [4.69, 9.17) is 16.1 Å². The third-order valence-corrected chi connectivity index (χ3v) is 5.15. The van der Waals surface area contributed by atoms with Gasteiger partial charge in [-0.15, -0.1) is 0 Å². The van der Waals surface area contributed by atoms with Crippen LogP contribution >= 0.6 is 11.6 Å². The minimum absolute atomic E-state index is 0.109. The molecule has 0 bridgehead atoms. The minimum atomic E-state index is -5.21. The van der Waals surface area contributed by atoms with Gasteiger partial charge in [0.2, 0.25) is 0 Å². The molecule has 1 aromatic carbocycles. The Bertz CT molecular complexity index is 1320. The van der Waals surface area contributed by atoms with Crippen molar-refractivity contribution in [1.29, 1.82) is 0 Å². The van der Waals surface area contributed by atoms with Crippen molar-refractivity contribution < 1.29 is 37.4 Å². The molecule has 4 rings (SSSR count). The Labute approximate surface area is 192 Å². The number of aliphatic hydroxyl groups is 3. The van der Waals surface area contributed by atoms with Gasteiger partial charge in [0.15, 0.2) is 17.3 Å². The second-order valence-electron chi connectivity index (χ2n) is 7.08. The minimum Gasteiger partial charge on any atom is -0.386 e. The van der Waals surface area contributed by atoms with E-state index in [-0.39, 0.29) is 32.3 Å². The van der Waals surface area contributed by atoms with Gasteiger partial charge in [-0.3, -0.25) is 0 Å². The summed E-state index contributed by atoms with van der Waals surface area (Å²) in [6.07, 6.45) is -4.07. The van der Waals surface area contributed by atoms with Crippen molar-refractivity contribution in [2.45, 2.75) is 25.1 Å². The lowest BCUT2D eigenvalue weighted by atomic mass is 10.0. The normalized spacial score (nSPS) is 13.3. The molecule has 14 heteroatoms. The molecule has 3 N–H and O–H groups in total. The van der Waals surface area contributed by atoms with Gasteiger partial charge in [-0.25, -0.2) is 19.0 Å². The molecular weight excluding hydrogens is 486 g/mol. The van der Waals surface area contributed by atoms with Gasteiger partial charge in [0.1, 0.15) is 17.6 Å². The highest BCUT2D eigenvalue weighted by molar-refractivity contribution is 6.33. The Morgan fingerprint density at radius 1 is 1.09 bits per heavy atom. The molecule has 1 atom stereocenters. The number of alkyl halides is 3. The number of aromatic nitrogens is 5. The van der Waals surface area contributed by atoms with Crippen LogP contribution in [0.1, 0.15) is 12.6 Å². The molecule has 4 aromatic rings. The number of halogens is 5. The van der Waals surface area contributed by atoms with Crippen LogP contribution in [0.25, 0.3) is 34.0 Å². The van der Waals surface area contributed by atoms with Crippen molar-refractivity contribution >= 4 is 11.6 Å². The molecule has 3 heterocycles. The van der Waals surface area contributed by atoms with Gasteiger partial charge < -0.3 is 19.8 Å². The third kappa shape index (κ3) is 3.92. The highest BCUT2D eigenvalue weighted by Gasteiger charge is 2.47. The van der Waals surface area contributed by atoms with Gasteiger partial charge in [0, 0.05) is 12.4 Å². The molecule has 0 spiro atoms. The predicted octanol–water partition coefficient (Wildman–Crippen LogP) is 3.45. The van der Waals surface area contributed by atoms with Crippen LogP contribution in [0.5, 0.6) is 0 Å². The average molecular weight is 500 g/mol. The second-order valence-corrected chi connectivity index (χ2v) is 7.49. The maximum atomic E-state index is 14.7. The van der Waals surface area contributed by atoms with E-state index in [1.165, 1.54) is 30.6 Å². The molecule has 0 aliphatic carbocycles. The third-order valence-electron chi connectivity index (χ3n) is 4.84. The first kappa shape index (κ1) is 23.8. The quantitative estimate of drug-likeness (QED) is 0.281. The molecule has 0 aliphatic rings. The summed E-state index contributed by atoms with van der Waals surface area (Å²) in [4.78, 5) is 8.01. The number of rotatable bonds is 5. The summed E-state index contributed by atoms with van der Waals surface area (Å²) in [5.41, 5.74) is -3.30. The zero-order chi connectivity index (χ0) is 24.8. The van der Waals surface area contributed by atoms with E-state index in [1.807, 2.05) is 0 Å². The summed E-state index contributed by atoms with van der Waals surface area (Å²) in [6.45, 7) is 0.859. The Hall–Kier alpha value is -3.39. The maximum Gasteiger partial charge on any atom is 0.433 e. The van der Waals surface area contributed by atoms with E-state index in [2.05, 4.69) is 20.2 Å². The molecule has 0 aliphatic heterocycles. The van der Waals surface area contributed by atoms with Crippen LogP contribution in [0.4, 0.5) is 17.6 Å². The summed E-state index contributed by atoms with van der Waals surface area (Å²) in [6, 6.07) is 5.18. The fraction of sp³-hybridized carbons (Fsp3) is 0.200. The molecule has 0 amide bonds. The Kier molecular flexibility index (Phi) is 5.89. The largest absolute Gasteiger partial charge is 0.433 e. The van der Waals surface area contributed by atoms with E-state index in [0.29, 0.717) is 6.20 Å². The van der Waals surface area contributed by atoms with Crippen LogP contribution in [-0.4, -0.2) is 46.3 Å². The van der Waals surface area contributed by atoms with Crippen LogP contribution in [0, 0.1) is 5.82 Å². The molecule has 178 valence electrons. The number of hydrogen-bond donors (Lipinski definition) is 3. The number of aliphatic hydroxyl groups excluding tert-OH is 1. The van der Waals surface area contributed by atoms with Crippen molar-refractivity contribution in [3.63, 3.8) is 0 Å². The standard InChI is InChI=1S/C20H14ClF4N5O4/c1-9(31)20(32,33)30-17(19(23,24)25)10(8-28-30)16-14(18-26-6-3-7-27-18)15(29-34-16)13-11(21)4-2-5-12(13)22/h2-9,31-33H,1H3. The zero-order valence-electron chi connectivity index (χ0n) is 17.0. The average Bonchev–Trinajstić information content (AvgIpc) is 3.39. The van der Waals surface area contributed by atoms with Gasteiger partial charge in [-0.1, -0.05) is 22.8 Å². The van der Waals surface area contributed by atoms with E-state index in [1.54, 1.807) is 0 Å². The summed E-state index contributed by atoms with van der Waals surface area (Å²) in [5, 5.41) is 36.8. The van der Waals surface area contributed by atoms with E-state index >= 15 is 0 Å². The fourth-order valence-corrected chi connectivity index (χ4v) is 3.47. The molecular formula is C20H14ClF4N5O4. The highest BCUT2D eigenvalue weighted by atomic mass is 35.5.